The molecule has 5 nitrogen and oxygen atoms in total. The molecule has 1 amide bonds. The fraction of sp³-hybridized carbons (Fsp3) is 0.714. The number of nitrogens with zero attached hydrogens (tertiary/aromatic N) is 3. The third-order valence-electron chi connectivity index (χ3n) is 3.69. The maximum absolute atomic E-state index is 12.1. The molecule has 1 fully saturated rings. The molecule has 0 unspecified atom stereocenters. The Morgan fingerprint density at radius 3 is 3.10 bits per heavy atom. The SMILES string of the molecule is CSC[C@@H](C)C(=O)N[C@H]1CCCN(c2cnn(C)c2)C1. The normalized spacial score (nSPS) is 20.8. The van der Waals surface area contributed by atoms with E-state index in [1.807, 2.05) is 37.3 Å². The molecule has 6 heteroatoms. The van der Waals surface area contributed by atoms with Gasteiger partial charge in [0.1, 0.15) is 0 Å². The van der Waals surface area contributed by atoms with E-state index >= 15 is 0 Å². The first-order chi connectivity index (χ1) is 9.60. The zero-order valence-corrected chi connectivity index (χ0v) is 13.3. The van der Waals surface area contributed by atoms with E-state index in [9.17, 15) is 4.79 Å². The molecule has 20 heavy (non-hydrogen) atoms. The van der Waals surface area contributed by atoms with Crippen LogP contribution >= 0.6 is 11.8 Å². The van der Waals surface area contributed by atoms with E-state index in [2.05, 4.69) is 15.3 Å². The van der Waals surface area contributed by atoms with E-state index in [4.69, 9.17) is 0 Å². The number of hydrogen-bond donors (Lipinski definition) is 1. The molecule has 0 spiro atoms. The maximum Gasteiger partial charge on any atom is 0.223 e. The van der Waals surface area contributed by atoms with Gasteiger partial charge in [0.05, 0.1) is 11.9 Å². The summed E-state index contributed by atoms with van der Waals surface area (Å²) in [5.74, 6) is 1.14. The summed E-state index contributed by atoms with van der Waals surface area (Å²) < 4.78 is 1.82. The summed E-state index contributed by atoms with van der Waals surface area (Å²) in [7, 11) is 1.93. The van der Waals surface area contributed by atoms with Gasteiger partial charge in [-0.05, 0) is 19.1 Å². The van der Waals surface area contributed by atoms with Gasteiger partial charge in [0, 0.05) is 44.0 Å². The third-order valence-corrected chi connectivity index (χ3v) is 4.52. The highest BCUT2D eigenvalue weighted by Gasteiger charge is 2.23. The fourth-order valence-electron chi connectivity index (χ4n) is 2.57. The highest BCUT2D eigenvalue weighted by molar-refractivity contribution is 7.98. The molecule has 2 rings (SSSR count). The first-order valence-electron chi connectivity index (χ1n) is 7.13. The van der Waals surface area contributed by atoms with Crippen molar-refractivity contribution in [3.63, 3.8) is 0 Å². The highest BCUT2D eigenvalue weighted by Crippen LogP contribution is 2.19. The van der Waals surface area contributed by atoms with Crippen LogP contribution in [0.3, 0.4) is 0 Å². The first-order valence-corrected chi connectivity index (χ1v) is 8.52. The summed E-state index contributed by atoms with van der Waals surface area (Å²) >= 11 is 1.72. The van der Waals surface area contributed by atoms with Gasteiger partial charge in [-0.1, -0.05) is 6.92 Å². The average molecular weight is 296 g/mol. The number of anilines is 1. The molecule has 1 aliphatic rings. The number of carbonyl (C=O) groups is 1. The molecule has 0 saturated carbocycles. The van der Waals surface area contributed by atoms with E-state index in [-0.39, 0.29) is 17.9 Å². The summed E-state index contributed by atoms with van der Waals surface area (Å²) in [6.45, 7) is 3.91. The molecule has 0 radical (unpaired) electrons. The van der Waals surface area contributed by atoms with Crippen molar-refractivity contribution in [3.8, 4) is 0 Å². The van der Waals surface area contributed by atoms with Crippen molar-refractivity contribution in [1.82, 2.24) is 15.1 Å². The lowest BCUT2D eigenvalue weighted by molar-refractivity contribution is -0.124. The molecule has 1 aliphatic heterocycles. The molecule has 1 saturated heterocycles. The molecule has 0 bridgehead atoms. The molecular formula is C14H24N4OS. The minimum atomic E-state index is 0.0822. The Balaban J connectivity index is 1.89. The molecule has 1 aromatic rings. The van der Waals surface area contributed by atoms with Gasteiger partial charge in [0.15, 0.2) is 0 Å². The van der Waals surface area contributed by atoms with E-state index in [1.165, 1.54) is 0 Å². The van der Waals surface area contributed by atoms with Crippen LogP contribution in [0.5, 0.6) is 0 Å². The van der Waals surface area contributed by atoms with Gasteiger partial charge in [0.25, 0.3) is 0 Å². The molecule has 1 N–H and O–H groups in total. The van der Waals surface area contributed by atoms with E-state index in [0.717, 1.165) is 37.4 Å². The molecule has 2 atom stereocenters. The van der Waals surface area contributed by atoms with Gasteiger partial charge in [-0.25, -0.2) is 0 Å². The van der Waals surface area contributed by atoms with Crippen molar-refractivity contribution in [3.05, 3.63) is 12.4 Å². The van der Waals surface area contributed by atoms with Crippen molar-refractivity contribution in [2.45, 2.75) is 25.8 Å². The lowest BCUT2D eigenvalue weighted by Crippen LogP contribution is -2.49. The van der Waals surface area contributed by atoms with Crippen LogP contribution in [0.2, 0.25) is 0 Å². The third kappa shape index (κ3) is 3.91. The lowest BCUT2D eigenvalue weighted by Gasteiger charge is -2.34. The monoisotopic (exact) mass is 296 g/mol. The van der Waals surface area contributed by atoms with Crippen molar-refractivity contribution in [2.24, 2.45) is 13.0 Å². The quantitative estimate of drug-likeness (QED) is 0.895. The smallest absolute Gasteiger partial charge is 0.223 e. The van der Waals surface area contributed by atoms with Crippen LogP contribution in [0.4, 0.5) is 5.69 Å². The predicted octanol–water partition coefficient (Wildman–Crippen LogP) is 1.50. The second kappa shape index (κ2) is 7.02. The van der Waals surface area contributed by atoms with Gasteiger partial charge >= 0.3 is 0 Å². The number of thioether (sulfide) groups is 1. The Hall–Kier alpha value is -1.17. The van der Waals surface area contributed by atoms with Crippen LogP contribution in [0.1, 0.15) is 19.8 Å². The van der Waals surface area contributed by atoms with E-state index in [1.54, 1.807) is 11.8 Å². The van der Waals surface area contributed by atoms with Crippen LogP contribution in [-0.2, 0) is 11.8 Å². The summed E-state index contributed by atoms with van der Waals surface area (Å²) in [6, 6.07) is 0.251. The highest BCUT2D eigenvalue weighted by atomic mass is 32.2. The Kier molecular flexibility index (Phi) is 5.34. The topological polar surface area (TPSA) is 50.2 Å². The summed E-state index contributed by atoms with van der Waals surface area (Å²) in [5.41, 5.74) is 1.14. The average Bonchev–Trinajstić information content (AvgIpc) is 2.86. The second-order valence-corrected chi connectivity index (χ2v) is 6.43. The zero-order valence-electron chi connectivity index (χ0n) is 12.5. The largest absolute Gasteiger partial charge is 0.367 e. The predicted molar refractivity (Wildman–Crippen MR) is 84.1 cm³/mol. The number of nitrogens with one attached hydrogen (secondary N) is 1. The molecular weight excluding hydrogens is 272 g/mol. The number of hydrogen-bond acceptors (Lipinski definition) is 4. The van der Waals surface area contributed by atoms with Gasteiger partial charge in [0.2, 0.25) is 5.91 Å². The van der Waals surface area contributed by atoms with Crippen LogP contribution in [0, 0.1) is 5.92 Å². The van der Waals surface area contributed by atoms with Gasteiger partial charge in [-0.3, -0.25) is 9.48 Å². The minimum absolute atomic E-state index is 0.0822. The van der Waals surface area contributed by atoms with Crippen molar-refractivity contribution in [1.29, 1.82) is 0 Å². The molecule has 112 valence electrons. The first kappa shape index (κ1) is 15.2. The molecule has 1 aromatic heterocycles. The number of aromatic nitrogens is 2. The number of piperidine rings is 1. The van der Waals surface area contributed by atoms with Crippen molar-refractivity contribution >= 4 is 23.4 Å². The number of carbonyl (C=O) groups excluding carboxylic acids is 1. The van der Waals surface area contributed by atoms with E-state index < -0.39 is 0 Å². The Morgan fingerprint density at radius 1 is 1.65 bits per heavy atom. The van der Waals surface area contributed by atoms with Gasteiger partial charge < -0.3 is 10.2 Å². The fourth-order valence-corrected chi connectivity index (χ4v) is 3.22. The van der Waals surface area contributed by atoms with Gasteiger partial charge in [-0.15, -0.1) is 0 Å². The Labute approximate surface area is 125 Å². The molecule has 0 aromatic carbocycles. The molecule has 2 heterocycles. The standard InChI is InChI=1S/C14H24N4OS/c1-11(10-20-3)14(19)16-12-5-4-6-18(8-12)13-7-15-17(2)9-13/h7,9,11-12H,4-6,8,10H2,1-3H3,(H,16,19)/t11-,12+/m1/s1. The van der Waals surface area contributed by atoms with Gasteiger partial charge in [-0.2, -0.15) is 16.9 Å². The van der Waals surface area contributed by atoms with E-state index in [0.29, 0.717) is 0 Å². The van der Waals surface area contributed by atoms with Crippen LogP contribution in [-0.4, -0.2) is 46.8 Å². The zero-order chi connectivity index (χ0) is 14.5. The van der Waals surface area contributed by atoms with Crippen LogP contribution in [0.15, 0.2) is 12.4 Å². The summed E-state index contributed by atoms with van der Waals surface area (Å²) in [6.07, 6.45) is 8.13. The van der Waals surface area contributed by atoms with Crippen molar-refractivity contribution < 1.29 is 4.79 Å². The molecule has 0 aliphatic carbocycles. The van der Waals surface area contributed by atoms with Crippen molar-refractivity contribution in [2.75, 3.05) is 30.0 Å². The summed E-state index contributed by atoms with van der Waals surface area (Å²) in [4.78, 5) is 14.4. The minimum Gasteiger partial charge on any atom is -0.367 e. The summed E-state index contributed by atoms with van der Waals surface area (Å²) in [5, 5.41) is 7.40. The maximum atomic E-state index is 12.1. The number of amides is 1. The Bertz CT molecular complexity index is 448. The number of rotatable bonds is 5. The second-order valence-electron chi connectivity index (χ2n) is 5.52. The lowest BCUT2D eigenvalue weighted by atomic mass is 10.0. The van der Waals surface area contributed by atoms with Crippen LogP contribution in [0.25, 0.3) is 0 Å². The van der Waals surface area contributed by atoms with Crippen LogP contribution < -0.4 is 10.2 Å². The Morgan fingerprint density at radius 2 is 2.45 bits per heavy atom. The number of aryl methyl sites for hydroxylation is 1.